The van der Waals surface area contributed by atoms with Crippen LogP contribution in [-0.2, 0) is 12.8 Å². The van der Waals surface area contributed by atoms with E-state index in [9.17, 15) is 0 Å². The molecule has 2 aromatic heterocycles. The molecule has 2 aliphatic carbocycles. The van der Waals surface area contributed by atoms with E-state index < -0.39 is 0 Å². The minimum Gasteiger partial charge on any atom is -0.134 e. The zero-order valence-electron chi connectivity index (χ0n) is 32.9. The Morgan fingerprint density at radius 3 is 1.06 bits per heavy atom. The highest BCUT2D eigenvalue weighted by atomic mass is 32.1. The summed E-state index contributed by atoms with van der Waals surface area (Å²) < 4.78 is 3.21. The summed E-state index contributed by atoms with van der Waals surface area (Å²) in [7, 11) is 0. The van der Waals surface area contributed by atoms with Crippen molar-refractivity contribution in [1.29, 1.82) is 0 Å². The Morgan fingerprint density at radius 2 is 0.685 bits per heavy atom. The van der Waals surface area contributed by atoms with Crippen molar-refractivity contribution in [3.63, 3.8) is 0 Å². The molecule has 0 amide bonds. The first-order chi connectivity index (χ1) is 26.8. The fraction of sp³-hybridized carbons (Fsp3) is 0.423. The Labute approximate surface area is 332 Å². The van der Waals surface area contributed by atoms with Gasteiger partial charge in [-0.1, -0.05) is 189 Å². The highest BCUT2D eigenvalue weighted by molar-refractivity contribution is 7.25. The van der Waals surface area contributed by atoms with Gasteiger partial charge in [0, 0.05) is 52.2 Å². The maximum atomic E-state index is 2.43. The molecule has 2 aliphatic rings. The number of hydrogen-bond acceptors (Lipinski definition) is 2. The topological polar surface area (TPSA) is 0 Å². The van der Waals surface area contributed by atoms with Gasteiger partial charge < -0.3 is 0 Å². The maximum absolute atomic E-state index is 2.43. The molecule has 9 rings (SSSR count). The van der Waals surface area contributed by atoms with Gasteiger partial charge in [0.05, 0.1) is 0 Å². The summed E-state index contributed by atoms with van der Waals surface area (Å²) in [6, 6.07) is 28.1. The number of aryl methyl sites for hydroxylation is 2. The SMILES string of the molecule is CCCCCCCCCCCc1c2sc3c(c2c(CCCCCCCCCCC)c2sc4c(c12)-c1cccc2cccc-4c12)-c1cccc2cccc-3c12. The average molecular weight is 747 g/mol. The van der Waals surface area contributed by atoms with E-state index in [1.165, 1.54) is 182 Å². The Bertz CT molecular complexity index is 2250. The molecule has 2 heteroatoms. The third kappa shape index (κ3) is 6.44. The molecule has 0 aliphatic heterocycles. The third-order valence-electron chi connectivity index (χ3n) is 12.9. The lowest BCUT2D eigenvalue weighted by molar-refractivity contribution is 0.565. The standard InChI is InChI=1S/C52H58S2/c1-3-5-7-9-11-13-15-17-19-29-41-47-45-37-31-21-25-35-27-23-33-39(43(35)37)49(45)54-52(47)42(30-20-18-16-14-12-10-8-6-4-2)48-46-38-32-22-26-36-28-24-34-40(44(36)38)50(46)53-51(41)48/h21-28,31-34H,3-20,29-30H2,1-2H3. The summed E-state index contributed by atoms with van der Waals surface area (Å²) in [6.45, 7) is 4.64. The van der Waals surface area contributed by atoms with Crippen LogP contribution in [0.1, 0.15) is 141 Å². The molecule has 0 radical (unpaired) electrons. The van der Waals surface area contributed by atoms with Gasteiger partial charge in [-0.25, -0.2) is 0 Å². The molecule has 0 nitrogen and oxygen atoms in total. The molecule has 0 saturated heterocycles. The molecule has 278 valence electrons. The first-order valence-electron chi connectivity index (χ1n) is 21.9. The molecule has 5 aromatic carbocycles. The van der Waals surface area contributed by atoms with Crippen LogP contribution in [0.5, 0.6) is 0 Å². The Hall–Kier alpha value is -3.46. The number of thiophene rings is 2. The van der Waals surface area contributed by atoms with Gasteiger partial charge in [-0.15, -0.1) is 22.7 Å². The van der Waals surface area contributed by atoms with Gasteiger partial charge in [-0.3, -0.25) is 0 Å². The van der Waals surface area contributed by atoms with Crippen LogP contribution in [0.15, 0.2) is 72.8 Å². The van der Waals surface area contributed by atoms with Crippen molar-refractivity contribution in [1.82, 2.24) is 0 Å². The van der Waals surface area contributed by atoms with Gasteiger partial charge in [0.15, 0.2) is 0 Å². The predicted octanol–water partition coefficient (Wildman–Crippen LogP) is 17.9. The first kappa shape index (κ1) is 36.2. The normalized spacial score (nSPS) is 12.6. The van der Waals surface area contributed by atoms with E-state index >= 15 is 0 Å². The lowest BCUT2D eigenvalue weighted by atomic mass is 9.89. The van der Waals surface area contributed by atoms with Crippen molar-refractivity contribution >= 4 is 64.4 Å². The van der Waals surface area contributed by atoms with Crippen LogP contribution in [0.2, 0.25) is 0 Å². The Morgan fingerprint density at radius 1 is 0.352 bits per heavy atom. The van der Waals surface area contributed by atoms with Crippen LogP contribution in [0.25, 0.3) is 84.9 Å². The van der Waals surface area contributed by atoms with Crippen LogP contribution in [0.3, 0.4) is 0 Å². The zero-order valence-corrected chi connectivity index (χ0v) is 34.5. The van der Waals surface area contributed by atoms with E-state index in [4.69, 9.17) is 0 Å². The molecule has 7 aromatic rings. The molecular formula is C52H58S2. The van der Waals surface area contributed by atoms with Crippen LogP contribution >= 0.6 is 22.7 Å². The fourth-order valence-electron chi connectivity index (χ4n) is 10.2. The number of fused-ring (bicyclic) bond motifs is 10. The van der Waals surface area contributed by atoms with Crippen molar-refractivity contribution in [2.24, 2.45) is 0 Å². The average Bonchev–Trinajstić information content (AvgIpc) is 3.94. The first-order valence-corrected chi connectivity index (χ1v) is 23.5. The number of unbranched alkanes of at least 4 members (excludes halogenated alkanes) is 16. The molecule has 54 heavy (non-hydrogen) atoms. The summed E-state index contributed by atoms with van der Waals surface area (Å²) in [5.74, 6) is 0. The number of hydrogen-bond donors (Lipinski definition) is 0. The largest absolute Gasteiger partial charge is 0.134 e. The van der Waals surface area contributed by atoms with Crippen molar-refractivity contribution in [2.45, 2.75) is 142 Å². The second-order valence-electron chi connectivity index (χ2n) is 16.6. The van der Waals surface area contributed by atoms with Gasteiger partial charge in [0.1, 0.15) is 0 Å². The maximum Gasteiger partial charge on any atom is 0.0440 e. The molecule has 0 N–H and O–H groups in total. The van der Waals surface area contributed by atoms with E-state index in [0.717, 1.165) is 0 Å². The molecule has 0 fully saturated rings. The van der Waals surface area contributed by atoms with Crippen molar-refractivity contribution in [2.75, 3.05) is 0 Å². The third-order valence-corrected chi connectivity index (χ3v) is 15.4. The monoisotopic (exact) mass is 746 g/mol. The fourth-order valence-corrected chi connectivity index (χ4v) is 13.1. The predicted molar refractivity (Wildman–Crippen MR) is 243 cm³/mol. The van der Waals surface area contributed by atoms with E-state index in [1.807, 2.05) is 0 Å². The molecule has 0 saturated carbocycles. The van der Waals surface area contributed by atoms with Crippen LogP contribution in [0.4, 0.5) is 0 Å². The second kappa shape index (κ2) is 16.3. The lowest BCUT2D eigenvalue weighted by Crippen LogP contribution is -1.96. The molecule has 0 unspecified atom stereocenters. The smallest absolute Gasteiger partial charge is 0.0440 e. The molecule has 0 spiro atoms. The minimum atomic E-state index is 1.18. The second-order valence-corrected chi connectivity index (χ2v) is 18.6. The van der Waals surface area contributed by atoms with Crippen molar-refractivity contribution in [3.05, 3.63) is 83.9 Å². The van der Waals surface area contributed by atoms with Crippen LogP contribution in [-0.4, -0.2) is 0 Å². The summed E-state index contributed by atoms with van der Waals surface area (Å²) >= 11 is 4.28. The molecular weight excluding hydrogens is 689 g/mol. The van der Waals surface area contributed by atoms with Gasteiger partial charge in [0.25, 0.3) is 0 Å². The summed E-state index contributed by atoms with van der Waals surface area (Å²) in [5, 5.41) is 8.96. The molecule has 0 atom stereocenters. The van der Waals surface area contributed by atoms with E-state index in [0.29, 0.717) is 0 Å². The Balaban J connectivity index is 1.15. The van der Waals surface area contributed by atoms with Crippen LogP contribution in [0, 0.1) is 0 Å². The van der Waals surface area contributed by atoms with Gasteiger partial charge in [-0.05, 0) is 69.5 Å². The summed E-state index contributed by atoms with van der Waals surface area (Å²) in [6.07, 6.45) is 27.1. The zero-order chi connectivity index (χ0) is 36.4. The van der Waals surface area contributed by atoms with Crippen molar-refractivity contribution in [3.8, 4) is 43.1 Å². The highest BCUT2D eigenvalue weighted by Crippen LogP contribution is 2.61. The summed E-state index contributed by atoms with van der Waals surface area (Å²) in [4.78, 5) is 3.05. The van der Waals surface area contributed by atoms with E-state index in [1.54, 1.807) is 42.4 Å². The van der Waals surface area contributed by atoms with Gasteiger partial charge in [-0.2, -0.15) is 0 Å². The molecule has 0 bridgehead atoms. The lowest BCUT2D eigenvalue weighted by Gasteiger charge is -2.15. The highest BCUT2D eigenvalue weighted by Gasteiger charge is 2.34. The van der Waals surface area contributed by atoms with Gasteiger partial charge in [0.2, 0.25) is 0 Å². The Kier molecular flexibility index (Phi) is 10.9. The van der Waals surface area contributed by atoms with E-state index in [-0.39, 0.29) is 0 Å². The quantitative estimate of drug-likeness (QED) is 0.0681. The van der Waals surface area contributed by atoms with Gasteiger partial charge >= 0.3 is 0 Å². The minimum absolute atomic E-state index is 1.18. The summed E-state index contributed by atoms with van der Waals surface area (Å²) in [5.41, 5.74) is 12.3. The van der Waals surface area contributed by atoms with E-state index in [2.05, 4.69) is 109 Å². The van der Waals surface area contributed by atoms with Crippen molar-refractivity contribution < 1.29 is 0 Å². The number of rotatable bonds is 20. The molecule has 2 heterocycles. The number of benzene rings is 5. The van der Waals surface area contributed by atoms with Crippen LogP contribution < -0.4 is 0 Å².